The first-order valence-corrected chi connectivity index (χ1v) is 4.72. The number of aromatic amines is 1. The minimum Gasteiger partial charge on any atom is -0.480 e. The van der Waals surface area contributed by atoms with Crippen LogP contribution in [0.15, 0.2) is 30.5 Å². The summed E-state index contributed by atoms with van der Waals surface area (Å²) in [5.41, 5.74) is 7.43. The van der Waals surface area contributed by atoms with Gasteiger partial charge in [-0.25, -0.2) is 0 Å². The van der Waals surface area contributed by atoms with Crippen molar-refractivity contribution in [3.63, 3.8) is 0 Å². The summed E-state index contributed by atoms with van der Waals surface area (Å²) in [4.78, 5) is 13.7. The molecule has 0 spiro atoms. The Bertz CT molecular complexity index is 495. The Labute approximate surface area is 99.0 Å². The van der Waals surface area contributed by atoms with Crippen molar-refractivity contribution in [2.45, 2.75) is 12.5 Å². The second kappa shape index (κ2) is 6.00. The topological polar surface area (TPSA) is 149 Å². The molecule has 17 heavy (non-hydrogen) atoms. The van der Waals surface area contributed by atoms with Gasteiger partial charge < -0.3 is 28.1 Å². The Morgan fingerprint density at radius 2 is 2.00 bits per heavy atom. The molecule has 0 fully saturated rings. The molecular formula is C11H18N4O2. The molecule has 0 saturated carbocycles. The van der Waals surface area contributed by atoms with Crippen molar-refractivity contribution in [1.29, 1.82) is 0 Å². The zero-order valence-corrected chi connectivity index (χ0v) is 9.52. The number of benzene rings is 1. The number of hydrogen-bond acceptors (Lipinski definition) is 4. The Kier molecular flexibility index (Phi) is 5.33. The van der Waals surface area contributed by atoms with E-state index in [4.69, 9.17) is 10.8 Å². The van der Waals surface area contributed by atoms with Gasteiger partial charge in [-0.15, -0.1) is 0 Å². The molecule has 1 unspecified atom stereocenters. The quantitative estimate of drug-likeness (QED) is 0.548. The number of H-pyrrole nitrogens is 1. The van der Waals surface area contributed by atoms with E-state index in [2.05, 4.69) is 4.98 Å². The average Bonchev–Trinajstić information content (AvgIpc) is 2.62. The van der Waals surface area contributed by atoms with E-state index in [0.29, 0.717) is 6.42 Å². The summed E-state index contributed by atoms with van der Waals surface area (Å²) in [6, 6.07) is 6.91. The first-order valence-electron chi connectivity index (χ1n) is 4.72. The maximum Gasteiger partial charge on any atom is 0.320 e. The monoisotopic (exact) mass is 238 g/mol. The van der Waals surface area contributed by atoms with Crippen LogP contribution in [0.25, 0.3) is 10.9 Å². The third-order valence-electron chi connectivity index (χ3n) is 2.43. The standard InChI is InChI=1S/C11H12N2O2.2H3N/c12-9(11(14)15)5-7-6-13-10-4-2-1-3-8(7)10;;/h1-4,6,9,13H,5,12H2,(H,14,15);2*1H3. The fourth-order valence-corrected chi connectivity index (χ4v) is 1.62. The maximum atomic E-state index is 10.6. The minimum absolute atomic E-state index is 0. The third kappa shape index (κ3) is 3.04. The van der Waals surface area contributed by atoms with Gasteiger partial charge in [0.15, 0.2) is 0 Å². The number of aromatic nitrogens is 1. The van der Waals surface area contributed by atoms with Crippen LogP contribution in [0.3, 0.4) is 0 Å². The number of nitrogens with two attached hydrogens (primary N) is 1. The summed E-state index contributed by atoms with van der Waals surface area (Å²) in [7, 11) is 0. The number of hydrogen-bond donors (Lipinski definition) is 5. The van der Waals surface area contributed by atoms with Crippen molar-refractivity contribution in [2.75, 3.05) is 0 Å². The minimum atomic E-state index is -0.972. The van der Waals surface area contributed by atoms with Gasteiger partial charge in [-0.2, -0.15) is 0 Å². The molecule has 1 aromatic heterocycles. The molecule has 6 heteroatoms. The van der Waals surface area contributed by atoms with E-state index < -0.39 is 12.0 Å². The molecule has 1 heterocycles. The molecule has 94 valence electrons. The zero-order valence-electron chi connectivity index (χ0n) is 9.52. The van der Waals surface area contributed by atoms with Gasteiger partial charge in [-0.1, -0.05) is 18.2 Å². The second-order valence-corrected chi connectivity index (χ2v) is 3.51. The Balaban J connectivity index is 0.00000128. The van der Waals surface area contributed by atoms with Crippen LogP contribution in [0, 0.1) is 0 Å². The highest BCUT2D eigenvalue weighted by Crippen LogP contribution is 2.18. The highest BCUT2D eigenvalue weighted by molar-refractivity contribution is 5.84. The van der Waals surface area contributed by atoms with Crippen molar-refractivity contribution in [3.8, 4) is 0 Å². The highest BCUT2D eigenvalue weighted by atomic mass is 16.4. The fourth-order valence-electron chi connectivity index (χ4n) is 1.62. The van der Waals surface area contributed by atoms with Gasteiger partial charge in [0, 0.05) is 23.5 Å². The van der Waals surface area contributed by atoms with Gasteiger partial charge >= 0.3 is 5.97 Å². The SMILES string of the molecule is N.N.NC(Cc1c[nH]c2ccccc12)C(=O)O. The molecule has 6 nitrogen and oxygen atoms in total. The molecule has 0 amide bonds. The van der Waals surface area contributed by atoms with Crippen molar-refractivity contribution < 1.29 is 9.90 Å². The summed E-state index contributed by atoms with van der Waals surface area (Å²) >= 11 is 0. The molecule has 0 radical (unpaired) electrons. The van der Waals surface area contributed by atoms with Gasteiger partial charge in [0.05, 0.1) is 0 Å². The Morgan fingerprint density at radius 3 is 2.65 bits per heavy atom. The van der Waals surface area contributed by atoms with Gasteiger partial charge in [0.1, 0.15) is 6.04 Å². The van der Waals surface area contributed by atoms with E-state index in [9.17, 15) is 4.79 Å². The molecule has 0 aliphatic heterocycles. The lowest BCUT2D eigenvalue weighted by molar-refractivity contribution is -0.138. The average molecular weight is 238 g/mol. The van der Waals surface area contributed by atoms with Crippen LogP contribution in [0.4, 0.5) is 0 Å². The molecule has 0 aliphatic rings. The lowest BCUT2D eigenvalue weighted by Gasteiger charge is -2.04. The number of nitrogens with one attached hydrogen (secondary N) is 1. The smallest absolute Gasteiger partial charge is 0.320 e. The van der Waals surface area contributed by atoms with Crippen molar-refractivity contribution in [3.05, 3.63) is 36.0 Å². The summed E-state index contributed by atoms with van der Waals surface area (Å²) in [6.45, 7) is 0. The molecular weight excluding hydrogens is 220 g/mol. The number of para-hydroxylation sites is 1. The van der Waals surface area contributed by atoms with Crippen LogP contribution in [0.1, 0.15) is 5.56 Å². The largest absolute Gasteiger partial charge is 0.480 e. The summed E-state index contributed by atoms with van der Waals surface area (Å²) in [5.74, 6) is -0.972. The predicted octanol–water partition coefficient (Wildman–Crippen LogP) is 1.45. The number of aliphatic carboxylic acids is 1. The molecule has 0 bridgehead atoms. The van der Waals surface area contributed by atoms with E-state index >= 15 is 0 Å². The lowest BCUT2D eigenvalue weighted by Crippen LogP contribution is -2.32. The van der Waals surface area contributed by atoms with Crippen LogP contribution in [0.2, 0.25) is 0 Å². The molecule has 1 atom stereocenters. The maximum absolute atomic E-state index is 10.6. The van der Waals surface area contributed by atoms with E-state index in [0.717, 1.165) is 16.5 Å². The number of carboxylic acid groups (broad SMARTS) is 1. The zero-order chi connectivity index (χ0) is 10.8. The molecule has 1 aromatic carbocycles. The molecule has 2 aromatic rings. The number of carboxylic acids is 1. The van der Waals surface area contributed by atoms with Crippen molar-refractivity contribution in [1.82, 2.24) is 17.3 Å². The van der Waals surface area contributed by atoms with Crippen LogP contribution in [-0.2, 0) is 11.2 Å². The lowest BCUT2D eigenvalue weighted by atomic mass is 10.1. The fraction of sp³-hybridized carbons (Fsp3) is 0.182. The van der Waals surface area contributed by atoms with Crippen LogP contribution < -0.4 is 18.0 Å². The van der Waals surface area contributed by atoms with Crippen molar-refractivity contribution in [2.24, 2.45) is 5.73 Å². The van der Waals surface area contributed by atoms with Crippen LogP contribution in [0.5, 0.6) is 0 Å². The van der Waals surface area contributed by atoms with Gasteiger partial charge in [-0.05, 0) is 11.6 Å². The number of rotatable bonds is 3. The molecule has 10 N–H and O–H groups in total. The van der Waals surface area contributed by atoms with E-state index in [1.54, 1.807) is 0 Å². The van der Waals surface area contributed by atoms with Crippen LogP contribution >= 0.6 is 0 Å². The van der Waals surface area contributed by atoms with E-state index in [1.165, 1.54) is 0 Å². The number of fused-ring (bicyclic) bond motifs is 1. The van der Waals surface area contributed by atoms with Gasteiger partial charge in [0.25, 0.3) is 0 Å². The third-order valence-corrected chi connectivity index (χ3v) is 2.43. The van der Waals surface area contributed by atoms with E-state index in [-0.39, 0.29) is 12.3 Å². The number of carbonyl (C=O) groups is 1. The highest BCUT2D eigenvalue weighted by Gasteiger charge is 2.14. The van der Waals surface area contributed by atoms with Crippen molar-refractivity contribution >= 4 is 16.9 Å². The summed E-state index contributed by atoms with van der Waals surface area (Å²) in [5, 5.41) is 9.75. The molecule has 0 saturated heterocycles. The van der Waals surface area contributed by atoms with Crippen LogP contribution in [-0.4, -0.2) is 22.1 Å². The normalized spacial score (nSPS) is 11.4. The van der Waals surface area contributed by atoms with Gasteiger partial charge in [-0.3, -0.25) is 4.79 Å². The first kappa shape index (κ1) is 15.1. The van der Waals surface area contributed by atoms with E-state index in [1.807, 2.05) is 30.5 Å². The predicted molar refractivity (Wildman–Crippen MR) is 67.7 cm³/mol. The molecule has 0 aliphatic carbocycles. The molecule has 2 rings (SSSR count). The Hall–Kier alpha value is -1.89. The summed E-state index contributed by atoms with van der Waals surface area (Å²) < 4.78 is 0. The van der Waals surface area contributed by atoms with Gasteiger partial charge in [0.2, 0.25) is 0 Å². The Morgan fingerprint density at radius 1 is 1.35 bits per heavy atom. The first-order chi connectivity index (χ1) is 7.18. The summed E-state index contributed by atoms with van der Waals surface area (Å²) in [6.07, 6.45) is 2.16. The second-order valence-electron chi connectivity index (χ2n) is 3.51.